The second-order valence-corrected chi connectivity index (χ2v) is 5.29. The van der Waals surface area contributed by atoms with Crippen molar-refractivity contribution in [2.45, 2.75) is 12.8 Å². The summed E-state index contributed by atoms with van der Waals surface area (Å²) in [6.07, 6.45) is 2.47. The highest BCUT2D eigenvalue weighted by Gasteiger charge is 2.14. The van der Waals surface area contributed by atoms with E-state index >= 15 is 0 Å². The molecular formula is C15H21N3O3. The maximum absolute atomic E-state index is 12.0. The standard InChI is InChI=1S/C15H21N3O3/c1-17(9-10-18-7-2-3-8-18)15(21)16-13-6-4-5-12(11-13)14(19)20/h4-6,11H,2-3,7-10H2,1H3,(H,16,21)(H,19,20). The van der Waals surface area contributed by atoms with E-state index in [2.05, 4.69) is 10.2 Å². The molecule has 6 nitrogen and oxygen atoms in total. The van der Waals surface area contributed by atoms with E-state index in [1.54, 1.807) is 24.1 Å². The van der Waals surface area contributed by atoms with E-state index in [1.165, 1.54) is 25.0 Å². The molecule has 2 rings (SSSR count). The number of nitrogens with one attached hydrogen (secondary N) is 1. The van der Waals surface area contributed by atoms with Gasteiger partial charge in [0.1, 0.15) is 0 Å². The van der Waals surface area contributed by atoms with Crippen molar-refractivity contribution in [1.29, 1.82) is 0 Å². The van der Waals surface area contributed by atoms with E-state index in [9.17, 15) is 9.59 Å². The number of carbonyl (C=O) groups excluding carboxylic acids is 1. The van der Waals surface area contributed by atoms with Gasteiger partial charge in [-0.05, 0) is 44.1 Å². The highest BCUT2D eigenvalue weighted by Crippen LogP contribution is 2.11. The van der Waals surface area contributed by atoms with Crippen LogP contribution in [0.4, 0.5) is 10.5 Å². The molecule has 1 aliphatic heterocycles. The van der Waals surface area contributed by atoms with Crippen LogP contribution in [0.5, 0.6) is 0 Å². The van der Waals surface area contributed by atoms with E-state index in [1.807, 2.05) is 0 Å². The monoisotopic (exact) mass is 291 g/mol. The summed E-state index contributed by atoms with van der Waals surface area (Å²) in [6, 6.07) is 6.02. The molecule has 1 aromatic rings. The number of nitrogens with zero attached hydrogens (tertiary/aromatic N) is 2. The fourth-order valence-corrected chi connectivity index (χ4v) is 2.35. The number of carboxylic acid groups (broad SMARTS) is 1. The molecule has 0 spiro atoms. The van der Waals surface area contributed by atoms with Gasteiger partial charge in [-0.3, -0.25) is 0 Å². The molecule has 2 amide bonds. The lowest BCUT2D eigenvalue weighted by atomic mass is 10.2. The minimum Gasteiger partial charge on any atom is -0.478 e. The first-order chi connectivity index (χ1) is 10.1. The van der Waals surface area contributed by atoms with Gasteiger partial charge in [0.05, 0.1) is 5.56 Å². The van der Waals surface area contributed by atoms with Gasteiger partial charge in [-0.15, -0.1) is 0 Å². The summed E-state index contributed by atoms with van der Waals surface area (Å²) in [4.78, 5) is 26.9. The number of amides is 2. The molecule has 0 aromatic heterocycles. The van der Waals surface area contributed by atoms with Crippen molar-refractivity contribution < 1.29 is 14.7 Å². The van der Waals surface area contributed by atoms with Crippen molar-refractivity contribution in [3.63, 3.8) is 0 Å². The Labute approximate surface area is 124 Å². The van der Waals surface area contributed by atoms with Crippen LogP contribution >= 0.6 is 0 Å². The normalized spacial score (nSPS) is 14.9. The number of carbonyl (C=O) groups is 2. The molecule has 1 aliphatic rings. The number of urea groups is 1. The van der Waals surface area contributed by atoms with Crippen LogP contribution in [-0.2, 0) is 0 Å². The molecule has 21 heavy (non-hydrogen) atoms. The van der Waals surface area contributed by atoms with Gasteiger partial charge in [0.15, 0.2) is 0 Å². The third-order valence-corrected chi connectivity index (χ3v) is 3.66. The lowest BCUT2D eigenvalue weighted by Crippen LogP contribution is -2.37. The van der Waals surface area contributed by atoms with Gasteiger partial charge in [-0.25, -0.2) is 9.59 Å². The van der Waals surface area contributed by atoms with Gasteiger partial charge in [0, 0.05) is 25.8 Å². The Hall–Kier alpha value is -2.08. The summed E-state index contributed by atoms with van der Waals surface area (Å²) in [5.41, 5.74) is 0.653. The zero-order valence-electron chi connectivity index (χ0n) is 12.2. The highest BCUT2D eigenvalue weighted by atomic mass is 16.4. The van der Waals surface area contributed by atoms with Crippen molar-refractivity contribution in [3.8, 4) is 0 Å². The second-order valence-electron chi connectivity index (χ2n) is 5.29. The predicted molar refractivity (Wildman–Crippen MR) is 80.7 cm³/mol. The van der Waals surface area contributed by atoms with Gasteiger partial charge in [-0.2, -0.15) is 0 Å². The van der Waals surface area contributed by atoms with Crippen LogP contribution < -0.4 is 5.32 Å². The molecule has 1 fully saturated rings. The van der Waals surface area contributed by atoms with Gasteiger partial charge in [-0.1, -0.05) is 6.07 Å². The molecule has 1 aromatic carbocycles. The first kappa shape index (κ1) is 15.3. The van der Waals surface area contributed by atoms with Crippen molar-refractivity contribution in [2.75, 3.05) is 38.5 Å². The lowest BCUT2D eigenvalue weighted by Gasteiger charge is -2.22. The second kappa shape index (κ2) is 7.08. The molecule has 0 radical (unpaired) electrons. The summed E-state index contributed by atoms with van der Waals surface area (Å²) in [5.74, 6) is -1.01. The fraction of sp³-hybridized carbons (Fsp3) is 0.467. The number of aromatic carboxylic acids is 1. The average molecular weight is 291 g/mol. The van der Waals surface area contributed by atoms with Gasteiger partial charge >= 0.3 is 12.0 Å². The third-order valence-electron chi connectivity index (χ3n) is 3.66. The SMILES string of the molecule is CN(CCN1CCCC1)C(=O)Nc1cccc(C(=O)O)c1. The minimum atomic E-state index is -1.01. The zero-order valence-corrected chi connectivity index (χ0v) is 12.2. The summed E-state index contributed by atoms with van der Waals surface area (Å²) >= 11 is 0. The fourth-order valence-electron chi connectivity index (χ4n) is 2.35. The summed E-state index contributed by atoms with van der Waals surface area (Å²) in [6.45, 7) is 3.75. The van der Waals surface area contributed by atoms with E-state index in [4.69, 9.17) is 5.11 Å². The van der Waals surface area contributed by atoms with Crippen LogP contribution in [0.15, 0.2) is 24.3 Å². The Morgan fingerprint density at radius 1 is 1.33 bits per heavy atom. The molecule has 0 unspecified atom stereocenters. The van der Waals surface area contributed by atoms with E-state index in [-0.39, 0.29) is 11.6 Å². The first-order valence-corrected chi connectivity index (χ1v) is 7.14. The molecule has 1 saturated heterocycles. The van der Waals surface area contributed by atoms with E-state index in [0.717, 1.165) is 19.6 Å². The van der Waals surface area contributed by atoms with Crippen molar-refractivity contribution in [3.05, 3.63) is 29.8 Å². The Bertz CT molecular complexity index is 513. The van der Waals surface area contributed by atoms with Crippen LogP contribution in [0.2, 0.25) is 0 Å². The topological polar surface area (TPSA) is 72.9 Å². The average Bonchev–Trinajstić information content (AvgIpc) is 2.98. The number of hydrogen-bond acceptors (Lipinski definition) is 3. The molecule has 1 heterocycles. The predicted octanol–water partition coefficient (Wildman–Crippen LogP) is 1.94. The molecule has 114 valence electrons. The number of hydrogen-bond donors (Lipinski definition) is 2. The van der Waals surface area contributed by atoms with Crippen molar-refractivity contribution in [1.82, 2.24) is 9.80 Å². The molecule has 0 saturated carbocycles. The highest BCUT2D eigenvalue weighted by molar-refractivity contribution is 5.93. The van der Waals surface area contributed by atoms with Crippen LogP contribution in [0.1, 0.15) is 23.2 Å². The quantitative estimate of drug-likeness (QED) is 0.869. The summed E-state index contributed by atoms with van der Waals surface area (Å²) < 4.78 is 0. The Kier molecular flexibility index (Phi) is 5.16. The zero-order chi connectivity index (χ0) is 15.2. The number of carboxylic acids is 1. The number of likely N-dealkylation sites (N-methyl/N-ethyl adjacent to an activating group) is 1. The maximum Gasteiger partial charge on any atom is 0.335 e. The van der Waals surface area contributed by atoms with Gasteiger partial charge < -0.3 is 20.2 Å². The number of benzene rings is 1. The van der Waals surface area contributed by atoms with Crippen LogP contribution in [0.3, 0.4) is 0 Å². The van der Waals surface area contributed by atoms with E-state index < -0.39 is 5.97 Å². The third kappa shape index (κ3) is 4.46. The smallest absolute Gasteiger partial charge is 0.335 e. The molecule has 6 heteroatoms. The molecular weight excluding hydrogens is 270 g/mol. The lowest BCUT2D eigenvalue weighted by molar-refractivity contribution is 0.0697. The Balaban J connectivity index is 1.84. The van der Waals surface area contributed by atoms with Crippen LogP contribution in [0, 0.1) is 0 Å². The molecule has 0 atom stereocenters. The summed E-state index contributed by atoms with van der Waals surface area (Å²) in [7, 11) is 1.74. The Morgan fingerprint density at radius 3 is 2.71 bits per heavy atom. The van der Waals surface area contributed by atoms with Gasteiger partial charge in [0.25, 0.3) is 0 Å². The maximum atomic E-state index is 12.0. The molecule has 0 bridgehead atoms. The number of anilines is 1. The van der Waals surface area contributed by atoms with Gasteiger partial charge in [0.2, 0.25) is 0 Å². The number of rotatable bonds is 5. The largest absolute Gasteiger partial charge is 0.478 e. The first-order valence-electron chi connectivity index (χ1n) is 7.14. The van der Waals surface area contributed by atoms with Crippen LogP contribution in [-0.4, -0.2) is 60.1 Å². The summed E-state index contributed by atoms with van der Waals surface area (Å²) in [5, 5.41) is 11.6. The van der Waals surface area contributed by atoms with Crippen LogP contribution in [0.25, 0.3) is 0 Å². The van der Waals surface area contributed by atoms with Crippen molar-refractivity contribution >= 4 is 17.7 Å². The Morgan fingerprint density at radius 2 is 2.05 bits per heavy atom. The number of likely N-dealkylation sites (tertiary alicyclic amines) is 1. The van der Waals surface area contributed by atoms with Crippen molar-refractivity contribution in [2.24, 2.45) is 0 Å². The van der Waals surface area contributed by atoms with E-state index in [0.29, 0.717) is 12.2 Å². The minimum absolute atomic E-state index is 0.160. The molecule has 0 aliphatic carbocycles. The molecule has 2 N–H and O–H groups in total.